The van der Waals surface area contributed by atoms with Gasteiger partial charge in [0, 0.05) is 25.8 Å². The van der Waals surface area contributed by atoms with Crippen LogP contribution in [0.5, 0.6) is 0 Å². The number of ether oxygens (including phenoxy) is 2. The molecule has 2 rings (SSSR count). The van der Waals surface area contributed by atoms with Gasteiger partial charge in [-0.1, -0.05) is 0 Å². The molecule has 1 aromatic rings. The third kappa shape index (κ3) is 2.63. The second kappa shape index (κ2) is 5.09. The van der Waals surface area contributed by atoms with E-state index in [1.165, 1.54) is 6.07 Å². The molecule has 0 unspecified atom stereocenters. The first-order valence-corrected chi connectivity index (χ1v) is 5.66. The second-order valence-corrected chi connectivity index (χ2v) is 4.29. The van der Waals surface area contributed by atoms with Crippen LogP contribution in [0, 0.1) is 4.77 Å². The van der Waals surface area contributed by atoms with Gasteiger partial charge in [0.1, 0.15) is 12.3 Å². The van der Waals surface area contributed by atoms with E-state index in [9.17, 15) is 9.90 Å². The van der Waals surface area contributed by atoms with E-state index in [1.807, 2.05) is 0 Å². The zero-order chi connectivity index (χ0) is 12.4. The fourth-order valence-electron chi connectivity index (χ4n) is 1.85. The predicted octanol–water partition coefficient (Wildman–Crippen LogP) is 0.201. The lowest BCUT2D eigenvalue weighted by molar-refractivity contribution is -0.0541. The summed E-state index contributed by atoms with van der Waals surface area (Å²) in [6.07, 6.45) is 0.671. The topological polar surface area (TPSA) is 76.5 Å². The summed E-state index contributed by atoms with van der Waals surface area (Å²) < 4.78 is 12.5. The third-order valence-corrected chi connectivity index (χ3v) is 3.01. The summed E-state index contributed by atoms with van der Waals surface area (Å²) in [6, 6.07) is 1.37. The van der Waals surface area contributed by atoms with Crippen LogP contribution >= 0.6 is 12.2 Å². The molecule has 94 valence electrons. The van der Waals surface area contributed by atoms with Crippen molar-refractivity contribution in [3.8, 4) is 0 Å². The number of H-pyrrole nitrogens is 1. The first kappa shape index (κ1) is 12.4. The highest BCUT2D eigenvalue weighted by molar-refractivity contribution is 7.71. The molecule has 0 saturated carbocycles. The summed E-state index contributed by atoms with van der Waals surface area (Å²) in [5.41, 5.74) is -0.252. The van der Waals surface area contributed by atoms with Gasteiger partial charge >= 0.3 is 0 Å². The molecule has 1 aliphatic rings. The van der Waals surface area contributed by atoms with Crippen molar-refractivity contribution in [1.29, 1.82) is 0 Å². The number of rotatable bonds is 3. The number of aromatic amines is 1. The maximum Gasteiger partial charge on any atom is 0.251 e. The zero-order valence-electron chi connectivity index (χ0n) is 9.33. The zero-order valence-corrected chi connectivity index (χ0v) is 10.1. The first-order chi connectivity index (χ1) is 8.11. The Balaban J connectivity index is 2.19. The SMILES string of the molecule is COC[C@H]1O[C@@H](n2ccc(=O)[nH]c2=S)C[C@@H]1O. The molecule has 2 heterocycles. The Hall–Kier alpha value is -1.02. The van der Waals surface area contributed by atoms with Crippen LogP contribution in [0.1, 0.15) is 12.6 Å². The number of methoxy groups -OCH3 is 1. The number of aromatic nitrogens is 2. The van der Waals surface area contributed by atoms with Crippen LogP contribution in [0.3, 0.4) is 0 Å². The summed E-state index contributed by atoms with van der Waals surface area (Å²) >= 11 is 5.03. The van der Waals surface area contributed by atoms with E-state index < -0.39 is 6.10 Å². The summed E-state index contributed by atoms with van der Waals surface area (Å²) in [6.45, 7) is 0.328. The lowest BCUT2D eigenvalue weighted by atomic mass is 10.2. The van der Waals surface area contributed by atoms with Crippen molar-refractivity contribution in [3.63, 3.8) is 0 Å². The van der Waals surface area contributed by atoms with Crippen molar-refractivity contribution in [1.82, 2.24) is 9.55 Å². The Kier molecular flexibility index (Phi) is 3.72. The minimum Gasteiger partial charge on any atom is -0.390 e. The Morgan fingerprint density at radius 1 is 1.76 bits per heavy atom. The monoisotopic (exact) mass is 258 g/mol. The minimum atomic E-state index is -0.589. The van der Waals surface area contributed by atoms with E-state index >= 15 is 0 Å². The minimum absolute atomic E-state index is 0.252. The number of aliphatic hydroxyl groups excluding tert-OH is 1. The van der Waals surface area contributed by atoms with Gasteiger partial charge in [-0.25, -0.2) is 0 Å². The van der Waals surface area contributed by atoms with Gasteiger partial charge in [-0.05, 0) is 12.2 Å². The average Bonchev–Trinajstić information content (AvgIpc) is 2.60. The Labute approximate surface area is 103 Å². The third-order valence-electron chi connectivity index (χ3n) is 2.70. The first-order valence-electron chi connectivity index (χ1n) is 5.25. The molecule has 0 amide bonds. The average molecular weight is 258 g/mol. The fourth-order valence-corrected chi connectivity index (χ4v) is 2.13. The lowest BCUT2D eigenvalue weighted by Crippen LogP contribution is -2.25. The highest BCUT2D eigenvalue weighted by Crippen LogP contribution is 2.28. The molecule has 1 aliphatic heterocycles. The highest BCUT2D eigenvalue weighted by Gasteiger charge is 2.34. The summed E-state index contributed by atoms with van der Waals surface area (Å²) in [5, 5.41) is 9.77. The van der Waals surface area contributed by atoms with Crippen LogP contribution in [0.25, 0.3) is 0 Å². The molecule has 0 aliphatic carbocycles. The number of nitrogens with one attached hydrogen (secondary N) is 1. The van der Waals surface area contributed by atoms with E-state index in [4.69, 9.17) is 21.7 Å². The Morgan fingerprint density at radius 2 is 2.53 bits per heavy atom. The van der Waals surface area contributed by atoms with Gasteiger partial charge in [-0.2, -0.15) is 0 Å². The number of hydrogen-bond acceptors (Lipinski definition) is 5. The van der Waals surface area contributed by atoms with Crippen molar-refractivity contribution in [3.05, 3.63) is 27.4 Å². The van der Waals surface area contributed by atoms with Crippen LogP contribution in [0.4, 0.5) is 0 Å². The number of nitrogens with zero attached hydrogens (tertiary/aromatic N) is 1. The summed E-state index contributed by atoms with van der Waals surface area (Å²) in [7, 11) is 1.55. The largest absolute Gasteiger partial charge is 0.390 e. The van der Waals surface area contributed by atoms with Crippen LogP contribution < -0.4 is 5.56 Å². The van der Waals surface area contributed by atoms with Gasteiger partial charge in [-0.3, -0.25) is 14.3 Å². The normalized spacial score (nSPS) is 28.5. The van der Waals surface area contributed by atoms with Crippen molar-refractivity contribution in [2.75, 3.05) is 13.7 Å². The van der Waals surface area contributed by atoms with Crippen LogP contribution in [0.2, 0.25) is 0 Å². The van der Waals surface area contributed by atoms with Crippen LogP contribution in [-0.4, -0.2) is 40.6 Å². The molecule has 2 N–H and O–H groups in total. The van der Waals surface area contributed by atoms with Crippen molar-refractivity contribution in [2.24, 2.45) is 0 Å². The fraction of sp³-hybridized carbons (Fsp3) is 0.600. The molecule has 0 radical (unpaired) electrons. The van der Waals surface area contributed by atoms with E-state index in [2.05, 4.69) is 4.98 Å². The molecule has 1 aromatic heterocycles. The molecule has 3 atom stereocenters. The van der Waals surface area contributed by atoms with Gasteiger partial charge in [0.2, 0.25) is 0 Å². The molecule has 1 fully saturated rings. The molecule has 1 saturated heterocycles. The summed E-state index contributed by atoms with van der Waals surface area (Å²) in [5.74, 6) is 0. The van der Waals surface area contributed by atoms with Crippen molar-refractivity contribution in [2.45, 2.75) is 24.9 Å². The lowest BCUT2D eigenvalue weighted by Gasteiger charge is -2.15. The number of hydrogen-bond donors (Lipinski definition) is 2. The smallest absolute Gasteiger partial charge is 0.251 e. The Bertz CT molecular complexity index is 498. The van der Waals surface area contributed by atoms with E-state index in [1.54, 1.807) is 17.9 Å². The Morgan fingerprint density at radius 3 is 3.18 bits per heavy atom. The molecular weight excluding hydrogens is 244 g/mol. The molecule has 0 spiro atoms. The van der Waals surface area contributed by atoms with Gasteiger partial charge < -0.3 is 14.6 Å². The predicted molar refractivity (Wildman–Crippen MR) is 62.3 cm³/mol. The van der Waals surface area contributed by atoms with E-state index in [0.717, 1.165) is 0 Å². The van der Waals surface area contributed by atoms with E-state index in [0.29, 0.717) is 13.0 Å². The van der Waals surface area contributed by atoms with Crippen LogP contribution in [-0.2, 0) is 9.47 Å². The van der Waals surface area contributed by atoms with Gasteiger partial charge in [0.05, 0.1) is 12.7 Å². The summed E-state index contributed by atoms with van der Waals surface area (Å²) in [4.78, 5) is 13.5. The molecule has 0 aromatic carbocycles. The van der Waals surface area contributed by atoms with Crippen molar-refractivity contribution >= 4 is 12.2 Å². The van der Waals surface area contributed by atoms with Gasteiger partial charge in [-0.15, -0.1) is 0 Å². The standard InChI is InChI=1S/C10H14N2O4S/c1-15-5-7-6(13)4-9(16-7)12-3-2-8(14)11-10(12)17/h2-3,6-7,9,13H,4-5H2,1H3,(H,11,14,17)/t6-,7+,9+/m0/s1. The van der Waals surface area contributed by atoms with Crippen LogP contribution in [0.15, 0.2) is 17.1 Å². The van der Waals surface area contributed by atoms with Gasteiger partial charge in [0.25, 0.3) is 5.56 Å². The maximum atomic E-state index is 11.0. The highest BCUT2D eigenvalue weighted by atomic mass is 32.1. The molecular formula is C10H14N2O4S. The van der Waals surface area contributed by atoms with Gasteiger partial charge in [0.15, 0.2) is 4.77 Å². The molecule has 6 nitrogen and oxygen atoms in total. The van der Waals surface area contributed by atoms with Crippen molar-refractivity contribution < 1.29 is 14.6 Å². The molecule has 0 bridgehead atoms. The second-order valence-electron chi connectivity index (χ2n) is 3.90. The van der Waals surface area contributed by atoms with E-state index in [-0.39, 0.29) is 22.7 Å². The number of aliphatic hydroxyl groups is 1. The maximum absolute atomic E-state index is 11.0. The molecule has 17 heavy (non-hydrogen) atoms. The quantitative estimate of drug-likeness (QED) is 0.757. The molecule has 7 heteroatoms.